The van der Waals surface area contributed by atoms with Crippen molar-refractivity contribution in [3.8, 4) is 0 Å². The van der Waals surface area contributed by atoms with Gasteiger partial charge >= 0.3 is 47.6 Å². The van der Waals surface area contributed by atoms with E-state index in [1.807, 2.05) is 0 Å². The van der Waals surface area contributed by atoms with E-state index in [1.54, 1.807) is 0 Å². The topological polar surface area (TPSA) is 20.3 Å². The summed E-state index contributed by atoms with van der Waals surface area (Å²) in [6, 6.07) is 0. The molecular formula is C17H18F17NO. The fraction of sp³-hybridized carbons (Fsp3) is 0.941. The molecule has 19 heteroatoms. The van der Waals surface area contributed by atoms with Gasteiger partial charge in [-0.1, -0.05) is 26.7 Å². The van der Waals surface area contributed by atoms with Gasteiger partial charge in [-0.15, -0.1) is 0 Å². The van der Waals surface area contributed by atoms with E-state index in [-0.39, 0.29) is 30.6 Å². The van der Waals surface area contributed by atoms with E-state index < -0.39 is 66.6 Å². The molecule has 1 amide bonds. The lowest BCUT2D eigenvalue weighted by molar-refractivity contribution is -0.459. The van der Waals surface area contributed by atoms with Crippen LogP contribution in [0.15, 0.2) is 0 Å². The van der Waals surface area contributed by atoms with E-state index in [0.29, 0.717) is 0 Å². The number of halogens is 17. The summed E-state index contributed by atoms with van der Waals surface area (Å²) in [6.07, 6.45) is -8.17. The Hall–Kier alpha value is -1.72. The second-order valence-electron chi connectivity index (χ2n) is 7.52. The Kier molecular flexibility index (Phi) is 9.72. The van der Waals surface area contributed by atoms with Gasteiger partial charge in [-0.2, -0.15) is 74.6 Å². The summed E-state index contributed by atoms with van der Waals surface area (Å²) in [5.74, 6) is -61.0. The van der Waals surface area contributed by atoms with Crippen LogP contribution in [0.2, 0.25) is 0 Å². The van der Waals surface area contributed by atoms with Crippen molar-refractivity contribution < 1.29 is 79.4 Å². The van der Waals surface area contributed by atoms with Crippen molar-refractivity contribution in [1.29, 1.82) is 0 Å². The molecule has 36 heavy (non-hydrogen) atoms. The second kappa shape index (κ2) is 10.2. The fourth-order valence-electron chi connectivity index (χ4n) is 2.51. The minimum absolute atomic E-state index is 0.0703. The maximum atomic E-state index is 14.1. The number of nitrogens with zero attached hydrogens (tertiary/aromatic N) is 1. The third-order valence-corrected chi connectivity index (χ3v) is 4.84. The molecule has 0 aromatic heterocycles. The first-order valence-electron chi connectivity index (χ1n) is 9.69. The Labute approximate surface area is 191 Å². The normalized spacial score (nSPS) is 15.3. The van der Waals surface area contributed by atoms with Crippen LogP contribution in [-0.2, 0) is 4.79 Å². The van der Waals surface area contributed by atoms with Crippen molar-refractivity contribution in [2.75, 3.05) is 13.1 Å². The number of rotatable bonds is 13. The quantitative estimate of drug-likeness (QED) is 0.210. The van der Waals surface area contributed by atoms with E-state index in [4.69, 9.17) is 0 Å². The van der Waals surface area contributed by atoms with Gasteiger partial charge in [0.15, 0.2) is 0 Å². The fourth-order valence-corrected chi connectivity index (χ4v) is 2.51. The average molecular weight is 575 g/mol. The van der Waals surface area contributed by atoms with E-state index in [9.17, 15) is 79.4 Å². The summed E-state index contributed by atoms with van der Waals surface area (Å²) in [4.78, 5) is 11.6. The van der Waals surface area contributed by atoms with Crippen LogP contribution in [0.4, 0.5) is 74.6 Å². The minimum atomic E-state index is -8.71. The van der Waals surface area contributed by atoms with Crippen LogP contribution >= 0.6 is 0 Å². The lowest BCUT2D eigenvalue weighted by Crippen LogP contribution is -2.75. The van der Waals surface area contributed by atoms with E-state index >= 15 is 0 Å². The molecule has 0 atom stereocenters. The molecule has 216 valence electrons. The standard InChI is InChI=1S/C17H18F17NO/c1-3-5-7-35(8-6-4-2)9(36)10(18,19)11(20,21)12(22,23)13(24,25)14(26,27)15(28,29)16(30,31)17(32,33)34/h3-8H2,1-2H3. The van der Waals surface area contributed by atoms with E-state index in [2.05, 4.69) is 0 Å². The zero-order valence-electron chi connectivity index (χ0n) is 18.0. The molecule has 0 aliphatic rings. The van der Waals surface area contributed by atoms with Crippen molar-refractivity contribution in [3.63, 3.8) is 0 Å². The Balaban J connectivity index is 6.74. The molecule has 0 heterocycles. The van der Waals surface area contributed by atoms with Crippen molar-refractivity contribution in [3.05, 3.63) is 0 Å². The van der Waals surface area contributed by atoms with E-state index in [0.717, 1.165) is 0 Å². The van der Waals surface area contributed by atoms with Gasteiger partial charge in [0, 0.05) is 13.1 Å². The van der Waals surface area contributed by atoms with Crippen LogP contribution in [0.25, 0.3) is 0 Å². The molecule has 0 aromatic carbocycles. The van der Waals surface area contributed by atoms with Crippen LogP contribution in [-0.4, -0.2) is 71.5 Å². The maximum absolute atomic E-state index is 14.1. The molecule has 0 N–H and O–H groups in total. The molecule has 0 aromatic rings. The summed E-state index contributed by atoms with van der Waals surface area (Å²) in [7, 11) is 0. The third-order valence-electron chi connectivity index (χ3n) is 4.84. The number of hydrogen-bond acceptors (Lipinski definition) is 1. The van der Waals surface area contributed by atoms with Crippen LogP contribution in [0.3, 0.4) is 0 Å². The number of carbonyl (C=O) groups excluding carboxylic acids is 1. The van der Waals surface area contributed by atoms with Gasteiger partial charge in [0.2, 0.25) is 0 Å². The SMILES string of the molecule is CCCCN(CCCC)C(=O)C(F)(F)C(F)(F)C(F)(F)C(F)(F)C(F)(F)C(F)(F)C(F)(F)C(F)(F)F. The minimum Gasteiger partial charge on any atom is -0.337 e. The van der Waals surface area contributed by atoms with Crippen molar-refractivity contribution in [2.45, 2.75) is 87.2 Å². The number of unbranched alkanes of at least 4 members (excludes halogenated alkanes) is 2. The summed E-state index contributed by atoms with van der Waals surface area (Å²) in [5, 5.41) is 0. The van der Waals surface area contributed by atoms with Crippen molar-refractivity contribution in [2.24, 2.45) is 0 Å². The van der Waals surface area contributed by atoms with Crippen LogP contribution in [0.1, 0.15) is 39.5 Å². The number of amides is 1. The highest BCUT2D eigenvalue weighted by atomic mass is 19.4. The Morgan fingerprint density at radius 2 is 0.778 bits per heavy atom. The molecule has 2 nitrogen and oxygen atoms in total. The smallest absolute Gasteiger partial charge is 0.337 e. The molecule has 0 fully saturated rings. The average Bonchev–Trinajstić information content (AvgIpc) is 2.71. The summed E-state index contributed by atoms with van der Waals surface area (Å²) in [5.41, 5.74) is 0. The summed E-state index contributed by atoms with van der Waals surface area (Å²) in [6.45, 7) is 0.996. The molecule has 0 saturated heterocycles. The molecule has 0 aliphatic carbocycles. The largest absolute Gasteiger partial charge is 0.460 e. The Morgan fingerprint density at radius 3 is 1.06 bits per heavy atom. The first-order valence-corrected chi connectivity index (χ1v) is 9.69. The maximum Gasteiger partial charge on any atom is 0.460 e. The monoisotopic (exact) mass is 575 g/mol. The predicted molar refractivity (Wildman–Crippen MR) is 87.1 cm³/mol. The van der Waals surface area contributed by atoms with Crippen LogP contribution in [0, 0.1) is 0 Å². The van der Waals surface area contributed by atoms with Gasteiger partial charge < -0.3 is 4.90 Å². The van der Waals surface area contributed by atoms with Gasteiger partial charge in [-0.25, -0.2) is 0 Å². The summed E-state index contributed by atoms with van der Waals surface area (Å²) >= 11 is 0. The highest BCUT2D eigenvalue weighted by Crippen LogP contribution is 2.64. The predicted octanol–water partition coefficient (Wildman–Crippen LogP) is 7.42. The number of alkyl halides is 17. The van der Waals surface area contributed by atoms with Gasteiger partial charge in [-0.3, -0.25) is 4.79 Å². The molecular weight excluding hydrogens is 557 g/mol. The van der Waals surface area contributed by atoms with Crippen molar-refractivity contribution >= 4 is 5.91 Å². The van der Waals surface area contributed by atoms with Gasteiger partial charge in [0.05, 0.1) is 0 Å². The third kappa shape index (κ3) is 5.03. The first kappa shape index (κ1) is 34.3. The van der Waals surface area contributed by atoms with Crippen LogP contribution in [0.5, 0.6) is 0 Å². The van der Waals surface area contributed by atoms with Crippen LogP contribution < -0.4 is 0 Å². The number of carbonyl (C=O) groups is 1. The van der Waals surface area contributed by atoms with E-state index in [1.165, 1.54) is 13.8 Å². The highest BCUT2D eigenvalue weighted by Gasteiger charge is 2.95. The first-order chi connectivity index (χ1) is 15.7. The zero-order chi connectivity index (χ0) is 29.4. The highest BCUT2D eigenvalue weighted by molar-refractivity contribution is 5.85. The molecule has 0 saturated carbocycles. The second-order valence-corrected chi connectivity index (χ2v) is 7.52. The van der Waals surface area contributed by atoms with Crippen molar-refractivity contribution in [1.82, 2.24) is 4.90 Å². The summed E-state index contributed by atoms with van der Waals surface area (Å²) < 4.78 is 226. The molecule has 0 aliphatic heterocycles. The molecule has 0 rings (SSSR count). The van der Waals surface area contributed by atoms with Gasteiger partial charge in [0.1, 0.15) is 0 Å². The Bertz CT molecular complexity index is 751. The zero-order valence-corrected chi connectivity index (χ0v) is 18.0. The molecule has 0 unspecified atom stereocenters. The molecule has 0 spiro atoms. The van der Waals surface area contributed by atoms with Gasteiger partial charge in [-0.05, 0) is 12.8 Å². The Morgan fingerprint density at radius 1 is 0.500 bits per heavy atom. The lowest BCUT2D eigenvalue weighted by atomic mass is 9.88. The van der Waals surface area contributed by atoms with Gasteiger partial charge in [0.25, 0.3) is 5.91 Å². The number of hydrogen-bond donors (Lipinski definition) is 0. The lowest BCUT2D eigenvalue weighted by Gasteiger charge is -2.43. The molecule has 0 bridgehead atoms. The molecule has 0 radical (unpaired) electrons.